The molecule has 0 bridgehead atoms. The lowest BCUT2D eigenvalue weighted by Gasteiger charge is -2.27. The van der Waals surface area contributed by atoms with Gasteiger partial charge in [-0.2, -0.15) is 5.26 Å². The van der Waals surface area contributed by atoms with Gasteiger partial charge in [0.2, 0.25) is 5.88 Å². The molecule has 1 unspecified atom stereocenters. The zero-order chi connectivity index (χ0) is 28.9. The molecule has 1 aliphatic heterocycles. The van der Waals surface area contributed by atoms with Crippen LogP contribution in [0, 0.1) is 25.2 Å². The van der Waals surface area contributed by atoms with Gasteiger partial charge in [-0.1, -0.05) is 48.0 Å². The molecule has 5 rings (SSSR count). The molecule has 0 saturated carbocycles. The molecule has 2 N–H and O–H groups in total. The van der Waals surface area contributed by atoms with Gasteiger partial charge in [-0.05, 0) is 78.6 Å². The SMILES string of the molecule is Cc1ccc(OCC(=O)Oc2ccc3c(c2)OC(N)=C(C#N)C3c2cccc(OCc3ccc(Cl)cc3)c2)cc1C. The van der Waals surface area contributed by atoms with Gasteiger partial charge in [-0.25, -0.2) is 4.79 Å². The number of nitriles is 1. The number of nitrogens with two attached hydrogens (primary N) is 1. The first kappa shape index (κ1) is 27.6. The van der Waals surface area contributed by atoms with Gasteiger partial charge in [-0.15, -0.1) is 0 Å². The molecular formula is C33H27ClN2O5. The number of rotatable bonds is 8. The Morgan fingerprint density at radius 3 is 2.44 bits per heavy atom. The van der Waals surface area contributed by atoms with E-state index in [9.17, 15) is 10.1 Å². The van der Waals surface area contributed by atoms with Crippen molar-refractivity contribution in [1.29, 1.82) is 5.26 Å². The maximum Gasteiger partial charge on any atom is 0.349 e. The van der Waals surface area contributed by atoms with Gasteiger partial charge in [0.25, 0.3) is 0 Å². The second-order valence-corrected chi connectivity index (χ2v) is 10.1. The predicted octanol–water partition coefficient (Wildman–Crippen LogP) is 6.74. The molecule has 0 amide bonds. The van der Waals surface area contributed by atoms with E-state index in [4.69, 9.17) is 36.3 Å². The third-order valence-corrected chi connectivity index (χ3v) is 7.02. The lowest BCUT2D eigenvalue weighted by atomic mass is 9.83. The van der Waals surface area contributed by atoms with Crippen LogP contribution in [0.1, 0.15) is 33.7 Å². The first-order valence-electron chi connectivity index (χ1n) is 12.9. The normalized spacial score (nSPS) is 14.0. The maximum absolute atomic E-state index is 12.5. The summed E-state index contributed by atoms with van der Waals surface area (Å²) < 4.78 is 22.9. The van der Waals surface area contributed by atoms with Crippen LogP contribution in [0.4, 0.5) is 0 Å². The van der Waals surface area contributed by atoms with Crippen LogP contribution in [-0.4, -0.2) is 12.6 Å². The summed E-state index contributed by atoms with van der Waals surface area (Å²) in [5, 5.41) is 10.6. The van der Waals surface area contributed by atoms with Crippen LogP contribution in [0.15, 0.2) is 96.4 Å². The number of carbonyl (C=O) groups is 1. The van der Waals surface area contributed by atoms with E-state index in [-0.39, 0.29) is 23.8 Å². The number of aryl methyl sites for hydroxylation is 2. The number of fused-ring (bicyclic) bond motifs is 1. The van der Waals surface area contributed by atoms with E-state index in [0.717, 1.165) is 22.3 Å². The molecule has 4 aromatic rings. The van der Waals surface area contributed by atoms with E-state index < -0.39 is 11.9 Å². The number of ether oxygens (including phenoxy) is 4. The number of hydrogen-bond donors (Lipinski definition) is 1. The molecule has 0 spiro atoms. The Balaban J connectivity index is 1.33. The van der Waals surface area contributed by atoms with Crippen molar-refractivity contribution in [2.24, 2.45) is 5.73 Å². The summed E-state index contributed by atoms with van der Waals surface area (Å²) in [6, 6.07) is 27.7. The standard InChI is InChI=1S/C33H27ClN2O5/c1-20-6-11-26(14-21(20)2)39-19-31(37)40-27-12-13-28-30(16-27)41-33(36)29(17-35)32(28)23-4-3-5-25(15-23)38-18-22-7-9-24(34)10-8-22/h3-16,32H,18-19,36H2,1-2H3. The van der Waals surface area contributed by atoms with Crippen molar-refractivity contribution in [1.82, 2.24) is 0 Å². The molecule has 8 heteroatoms. The fourth-order valence-electron chi connectivity index (χ4n) is 4.48. The summed E-state index contributed by atoms with van der Waals surface area (Å²) in [6.07, 6.45) is 0. The number of hydrogen-bond acceptors (Lipinski definition) is 7. The zero-order valence-electron chi connectivity index (χ0n) is 22.5. The molecule has 1 heterocycles. The number of nitrogens with zero attached hydrogens (tertiary/aromatic N) is 1. The van der Waals surface area contributed by atoms with Gasteiger partial charge in [-0.3, -0.25) is 0 Å². The highest BCUT2D eigenvalue weighted by atomic mass is 35.5. The van der Waals surface area contributed by atoms with Crippen molar-refractivity contribution in [3.8, 4) is 29.1 Å². The highest BCUT2D eigenvalue weighted by Crippen LogP contribution is 2.44. The van der Waals surface area contributed by atoms with Crippen molar-refractivity contribution in [2.75, 3.05) is 6.61 Å². The average Bonchev–Trinajstić information content (AvgIpc) is 2.97. The first-order chi connectivity index (χ1) is 19.8. The van der Waals surface area contributed by atoms with E-state index in [2.05, 4.69) is 6.07 Å². The molecule has 1 aliphatic rings. The lowest BCUT2D eigenvalue weighted by Crippen LogP contribution is -2.21. The second-order valence-electron chi connectivity index (χ2n) is 9.62. The predicted molar refractivity (Wildman–Crippen MR) is 155 cm³/mol. The minimum absolute atomic E-state index is 0.0148. The van der Waals surface area contributed by atoms with Crippen molar-refractivity contribution >= 4 is 17.6 Å². The molecule has 0 aliphatic carbocycles. The molecule has 7 nitrogen and oxygen atoms in total. The molecule has 206 valence electrons. The van der Waals surface area contributed by atoms with E-state index in [1.807, 2.05) is 80.6 Å². The Morgan fingerprint density at radius 2 is 1.68 bits per heavy atom. The summed E-state index contributed by atoms with van der Waals surface area (Å²) in [5.41, 5.74) is 11.1. The minimum Gasteiger partial charge on any atom is -0.489 e. The maximum atomic E-state index is 12.5. The van der Waals surface area contributed by atoms with Crippen LogP contribution < -0.4 is 24.7 Å². The minimum atomic E-state index is -0.567. The summed E-state index contributed by atoms with van der Waals surface area (Å²) in [7, 11) is 0. The molecular weight excluding hydrogens is 540 g/mol. The summed E-state index contributed by atoms with van der Waals surface area (Å²) in [4.78, 5) is 12.5. The van der Waals surface area contributed by atoms with Crippen LogP contribution in [0.25, 0.3) is 0 Å². The van der Waals surface area contributed by atoms with Crippen LogP contribution >= 0.6 is 11.6 Å². The average molecular weight is 567 g/mol. The van der Waals surface area contributed by atoms with Gasteiger partial charge in [0.15, 0.2) is 6.61 Å². The fourth-order valence-corrected chi connectivity index (χ4v) is 4.61. The van der Waals surface area contributed by atoms with Gasteiger partial charge < -0.3 is 24.7 Å². The zero-order valence-corrected chi connectivity index (χ0v) is 23.3. The van der Waals surface area contributed by atoms with Gasteiger partial charge >= 0.3 is 5.97 Å². The Labute approximate surface area is 243 Å². The molecule has 0 aromatic heterocycles. The number of carbonyl (C=O) groups excluding carboxylic acids is 1. The summed E-state index contributed by atoms with van der Waals surface area (Å²) >= 11 is 5.97. The molecule has 4 aromatic carbocycles. The monoisotopic (exact) mass is 566 g/mol. The largest absolute Gasteiger partial charge is 0.489 e. The van der Waals surface area contributed by atoms with E-state index >= 15 is 0 Å². The highest BCUT2D eigenvalue weighted by molar-refractivity contribution is 6.30. The highest BCUT2D eigenvalue weighted by Gasteiger charge is 2.31. The molecule has 0 radical (unpaired) electrons. The third-order valence-electron chi connectivity index (χ3n) is 6.77. The van der Waals surface area contributed by atoms with Crippen molar-refractivity contribution < 1.29 is 23.7 Å². The van der Waals surface area contributed by atoms with E-state index in [1.54, 1.807) is 18.2 Å². The molecule has 0 saturated heterocycles. The van der Waals surface area contributed by atoms with Gasteiger partial charge in [0, 0.05) is 16.7 Å². The van der Waals surface area contributed by atoms with Crippen LogP contribution in [0.3, 0.4) is 0 Å². The Bertz CT molecular complexity index is 1670. The third kappa shape index (κ3) is 6.46. The Hall–Kier alpha value is -4.93. The Kier molecular flexibility index (Phi) is 8.14. The van der Waals surface area contributed by atoms with Crippen molar-refractivity contribution in [2.45, 2.75) is 26.4 Å². The van der Waals surface area contributed by atoms with E-state index in [1.165, 1.54) is 0 Å². The number of esters is 1. The second kappa shape index (κ2) is 12.1. The van der Waals surface area contributed by atoms with Gasteiger partial charge in [0.05, 0.1) is 5.92 Å². The summed E-state index contributed by atoms with van der Waals surface area (Å²) in [5.74, 6) is 0.796. The first-order valence-corrected chi connectivity index (χ1v) is 13.3. The van der Waals surface area contributed by atoms with Crippen LogP contribution in [0.2, 0.25) is 5.02 Å². The quantitative estimate of drug-likeness (QED) is 0.186. The summed E-state index contributed by atoms with van der Waals surface area (Å²) in [6.45, 7) is 4.08. The lowest BCUT2D eigenvalue weighted by molar-refractivity contribution is -0.136. The molecule has 41 heavy (non-hydrogen) atoms. The Morgan fingerprint density at radius 1 is 0.927 bits per heavy atom. The van der Waals surface area contributed by atoms with Crippen LogP contribution in [0.5, 0.6) is 23.0 Å². The smallest absolute Gasteiger partial charge is 0.349 e. The number of halogens is 1. The van der Waals surface area contributed by atoms with Crippen LogP contribution in [-0.2, 0) is 11.4 Å². The molecule has 1 atom stereocenters. The van der Waals surface area contributed by atoms with E-state index in [0.29, 0.717) is 34.4 Å². The van der Waals surface area contributed by atoms with Gasteiger partial charge in [0.1, 0.15) is 41.2 Å². The molecule has 0 fully saturated rings. The number of benzene rings is 4. The topological polar surface area (TPSA) is 104 Å². The number of allylic oxidation sites excluding steroid dienone is 1. The fraction of sp³-hybridized carbons (Fsp3) is 0.152. The van der Waals surface area contributed by atoms with Crippen molar-refractivity contribution in [3.63, 3.8) is 0 Å². The van der Waals surface area contributed by atoms with Crippen molar-refractivity contribution in [3.05, 3.63) is 129 Å².